The van der Waals surface area contributed by atoms with Gasteiger partial charge >= 0.3 is 0 Å². The Hall–Kier alpha value is -0.740. The van der Waals surface area contributed by atoms with E-state index in [1.54, 1.807) is 0 Å². The third-order valence-corrected chi connectivity index (χ3v) is 4.99. The number of ether oxygens (including phenoxy) is 2. The van der Waals surface area contributed by atoms with Crippen LogP contribution in [-0.4, -0.2) is 18.3 Å². The second kappa shape index (κ2) is 5.94. The summed E-state index contributed by atoms with van der Waals surface area (Å²) in [6, 6.07) is 5.72. The van der Waals surface area contributed by atoms with Crippen LogP contribution in [0, 0.1) is 0 Å². The highest BCUT2D eigenvalue weighted by Crippen LogP contribution is 2.42. The Morgan fingerprint density at radius 2 is 2.05 bits per heavy atom. The number of hydrogen-bond donors (Lipinski definition) is 1. The molecule has 1 heterocycles. The van der Waals surface area contributed by atoms with Gasteiger partial charge in [0.25, 0.3) is 0 Å². The lowest BCUT2D eigenvalue weighted by Crippen LogP contribution is -2.32. The molecule has 1 unspecified atom stereocenters. The van der Waals surface area contributed by atoms with Gasteiger partial charge in [0.1, 0.15) is 12.4 Å². The lowest BCUT2D eigenvalue weighted by molar-refractivity contribution is -0.0748. The minimum atomic E-state index is 0.164. The Morgan fingerprint density at radius 1 is 1.25 bits per heavy atom. The number of rotatable bonds is 3. The molecule has 0 bridgehead atoms. The first-order valence-electron chi connectivity index (χ1n) is 7.53. The normalized spacial score (nSPS) is 24.9. The van der Waals surface area contributed by atoms with Crippen LogP contribution in [0.5, 0.6) is 5.75 Å². The second-order valence-electron chi connectivity index (χ2n) is 6.02. The molecule has 1 aromatic rings. The number of hydrogen-bond acceptors (Lipinski definition) is 3. The fourth-order valence-electron chi connectivity index (χ4n) is 3.41. The molecule has 4 heteroatoms. The van der Waals surface area contributed by atoms with E-state index in [1.165, 1.54) is 38.5 Å². The second-order valence-corrected chi connectivity index (χ2v) is 6.93. The fourth-order valence-corrected chi connectivity index (χ4v) is 3.79. The van der Waals surface area contributed by atoms with Gasteiger partial charge in [-0.25, -0.2) is 0 Å². The molecule has 20 heavy (non-hydrogen) atoms. The first-order chi connectivity index (χ1) is 9.67. The summed E-state index contributed by atoms with van der Waals surface area (Å²) in [4.78, 5) is 0. The molecule has 2 fully saturated rings. The Kier molecular flexibility index (Phi) is 4.22. The number of nitrogens with two attached hydrogens (primary N) is 1. The lowest BCUT2D eigenvalue weighted by atomic mass is 9.83. The average molecular weight is 340 g/mol. The van der Waals surface area contributed by atoms with Crippen molar-refractivity contribution in [1.29, 1.82) is 0 Å². The molecule has 1 spiro atoms. The average Bonchev–Trinajstić information content (AvgIpc) is 2.82. The van der Waals surface area contributed by atoms with E-state index < -0.39 is 0 Å². The van der Waals surface area contributed by atoms with E-state index >= 15 is 0 Å². The van der Waals surface area contributed by atoms with Gasteiger partial charge in [-0.1, -0.05) is 35.2 Å². The van der Waals surface area contributed by atoms with Gasteiger partial charge in [0.2, 0.25) is 0 Å². The van der Waals surface area contributed by atoms with Gasteiger partial charge in [-0.15, -0.1) is 0 Å². The van der Waals surface area contributed by atoms with Crippen LogP contribution in [0.3, 0.4) is 0 Å². The summed E-state index contributed by atoms with van der Waals surface area (Å²) in [6.07, 6.45) is 8.96. The minimum absolute atomic E-state index is 0.164. The van der Waals surface area contributed by atoms with E-state index in [0.717, 1.165) is 16.6 Å². The molecular formula is C16H22BrNO2. The molecule has 0 radical (unpaired) electrons. The summed E-state index contributed by atoms with van der Waals surface area (Å²) in [5.74, 6) is 0.751. The highest BCUT2D eigenvalue weighted by atomic mass is 79.9. The Bertz CT molecular complexity index is 472. The predicted molar refractivity (Wildman–Crippen MR) is 84.0 cm³/mol. The molecule has 1 saturated heterocycles. The highest BCUT2D eigenvalue weighted by molar-refractivity contribution is 9.10. The molecule has 1 aliphatic carbocycles. The maximum atomic E-state index is 6.30. The first kappa shape index (κ1) is 14.2. The summed E-state index contributed by atoms with van der Waals surface area (Å²) in [5.41, 5.74) is 6.78. The van der Waals surface area contributed by atoms with Crippen LogP contribution in [0.25, 0.3) is 0 Å². The lowest BCUT2D eigenvalue weighted by Gasteiger charge is -2.33. The van der Waals surface area contributed by atoms with E-state index in [-0.39, 0.29) is 11.7 Å². The van der Waals surface area contributed by atoms with Gasteiger partial charge in [0, 0.05) is 4.47 Å². The van der Waals surface area contributed by atoms with E-state index in [1.807, 2.05) is 18.2 Å². The molecule has 0 aromatic heterocycles. The molecule has 0 amide bonds. The van der Waals surface area contributed by atoms with Crippen molar-refractivity contribution in [2.45, 2.75) is 56.7 Å². The van der Waals surface area contributed by atoms with Gasteiger partial charge in [-0.3, -0.25) is 0 Å². The van der Waals surface area contributed by atoms with Crippen molar-refractivity contribution >= 4 is 21.6 Å². The molecule has 2 aliphatic rings. The molecule has 3 nitrogen and oxygen atoms in total. The van der Waals surface area contributed by atoms with Crippen LogP contribution in [0.15, 0.2) is 22.7 Å². The van der Waals surface area contributed by atoms with Crippen LogP contribution in [0.4, 0.5) is 5.69 Å². The standard InChI is InChI=1S/C16H22BrNO2/c17-12-4-5-15(14(18)10-12)19-11-13-6-9-16(20-13)7-2-1-3-8-16/h4-5,10,13H,1-3,6-9,11,18H2. The van der Waals surface area contributed by atoms with Gasteiger partial charge in [-0.05, 0) is 43.9 Å². The summed E-state index contributed by atoms with van der Waals surface area (Å²) in [5, 5.41) is 0. The van der Waals surface area contributed by atoms with Crippen LogP contribution in [0.1, 0.15) is 44.9 Å². The quantitative estimate of drug-likeness (QED) is 0.835. The van der Waals surface area contributed by atoms with E-state index in [4.69, 9.17) is 15.2 Å². The van der Waals surface area contributed by atoms with Crippen LogP contribution in [-0.2, 0) is 4.74 Å². The van der Waals surface area contributed by atoms with Crippen molar-refractivity contribution in [3.63, 3.8) is 0 Å². The number of anilines is 1. The summed E-state index contributed by atoms with van der Waals surface area (Å²) in [6.45, 7) is 0.605. The molecule has 2 N–H and O–H groups in total. The SMILES string of the molecule is Nc1cc(Br)ccc1OCC1CCC2(CCCCC2)O1. The molecule has 1 atom stereocenters. The van der Waals surface area contributed by atoms with Crippen molar-refractivity contribution < 1.29 is 9.47 Å². The fraction of sp³-hybridized carbons (Fsp3) is 0.625. The number of nitrogen functional groups attached to an aromatic ring is 1. The van der Waals surface area contributed by atoms with Crippen molar-refractivity contribution in [3.8, 4) is 5.75 Å². The summed E-state index contributed by atoms with van der Waals surface area (Å²) >= 11 is 3.40. The van der Waals surface area contributed by atoms with Crippen LogP contribution < -0.4 is 10.5 Å². The Balaban J connectivity index is 1.54. The van der Waals surface area contributed by atoms with Gasteiger partial charge < -0.3 is 15.2 Å². The monoisotopic (exact) mass is 339 g/mol. The molecule has 110 valence electrons. The molecule has 1 saturated carbocycles. The highest BCUT2D eigenvalue weighted by Gasteiger charge is 2.40. The van der Waals surface area contributed by atoms with Crippen LogP contribution in [0.2, 0.25) is 0 Å². The maximum Gasteiger partial charge on any atom is 0.142 e. The zero-order chi connectivity index (χ0) is 14.0. The molecule has 1 aromatic carbocycles. The van der Waals surface area contributed by atoms with Crippen molar-refractivity contribution in [2.24, 2.45) is 0 Å². The van der Waals surface area contributed by atoms with E-state index in [9.17, 15) is 0 Å². The maximum absolute atomic E-state index is 6.30. The predicted octanol–water partition coefficient (Wildman–Crippen LogP) is 4.29. The molecular weight excluding hydrogens is 318 g/mol. The Morgan fingerprint density at radius 3 is 2.80 bits per heavy atom. The summed E-state index contributed by atoms with van der Waals surface area (Å²) < 4.78 is 13.1. The van der Waals surface area contributed by atoms with Crippen molar-refractivity contribution in [3.05, 3.63) is 22.7 Å². The zero-order valence-corrected chi connectivity index (χ0v) is 13.3. The topological polar surface area (TPSA) is 44.5 Å². The van der Waals surface area contributed by atoms with Crippen molar-refractivity contribution in [1.82, 2.24) is 0 Å². The molecule has 3 rings (SSSR count). The largest absolute Gasteiger partial charge is 0.489 e. The summed E-state index contributed by atoms with van der Waals surface area (Å²) in [7, 11) is 0. The third kappa shape index (κ3) is 3.12. The number of halogens is 1. The zero-order valence-electron chi connectivity index (χ0n) is 11.7. The third-order valence-electron chi connectivity index (χ3n) is 4.50. The van der Waals surface area contributed by atoms with Crippen LogP contribution >= 0.6 is 15.9 Å². The van der Waals surface area contributed by atoms with Crippen molar-refractivity contribution in [2.75, 3.05) is 12.3 Å². The van der Waals surface area contributed by atoms with E-state index in [2.05, 4.69) is 15.9 Å². The van der Waals surface area contributed by atoms with Gasteiger partial charge in [0.15, 0.2) is 0 Å². The van der Waals surface area contributed by atoms with E-state index in [0.29, 0.717) is 12.3 Å². The van der Waals surface area contributed by atoms with Gasteiger partial charge in [0.05, 0.1) is 17.4 Å². The molecule has 1 aliphatic heterocycles. The first-order valence-corrected chi connectivity index (χ1v) is 8.32. The van der Waals surface area contributed by atoms with Gasteiger partial charge in [-0.2, -0.15) is 0 Å². The smallest absolute Gasteiger partial charge is 0.142 e. The Labute approximate surface area is 129 Å². The minimum Gasteiger partial charge on any atom is -0.489 e. The number of benzene rings is 1.